The van der Waals surface area contributed by atoms with Crippen LogP contribution in [0.25, 0.3) is 0 Å². The Balaban J connectivity index is 2.21. The topological polar surface area (TPSA) is 65.1 Å². The summed E-state index contributed by atoms with van der Waals surface area (Å²) in [4.78, 5) is 0. The van der Waals surface area contributed by atoms with E-state index in [1.54, 1.807) is 13.3 Å². The second kappa shape index (κ2) is 7.40. The quantitative estimate of drug-likeness (QED) is 0.466. The van der Waals surface area contributed by atoms with Gasteiger partial charge in [0.1, 0.15) is 0 Å². The number of methoxy groups -OCH3 is 1. The predicted molar refractivity (Wildman–Crippen MR) is 79.3 cm³/mol. The van der Waals surface area contributed by atoms with Gasteiger partial charge in [-0.3, -0.25) is 10.5 Å². The van der Waals surface area contributed by atoms with Crippen LogP contribution in [0.3, 0.4) is 0 Å². The summed E-state index contributed by atoms with van der Waals surface area (Å²) in [6.45, 7) is 1.49. The minimum absolute atomic E-state index is 0.140. The van der Waals surface area contributed by atoms with E-state index in [-0.39, 0.29) is 6.04 Å². The predicted octanol–water partition coefficient (Wildman–Crippen LogP) is 2.13. The van der Waals surface area contributed by atoms with E-state index < -0.39 is 0 Å². The van der Waals surface area contributed by atoms with Gasteiger partial charge in [-0.15, -0.1) is 0 Å². The molecule has 108 valence electrons. The molecule has 0 amide bonds. The highest BCUT2D eigenvalue weighted by Crippen LogP contribution is 2.23. The third kappa shape index (κ3) is 3.58. The van der Waals surface area contributed by atoms with Crippen LogP contribution in [0.15, 0.2) is 36.5 Å². The van der Waals surface area contributed by atoms with Crippen LogP contribution in [0, 0.1) is 0 Å². The maximum absolute atomic E-state index is 6.04. The lowest BCUT2D eigenvalue weighted by Crippen LogP contribution is -2.30. The van der Waals surface area contributed by atoms with E-state index in [0.29, 0.717) is 11.6 Å². The normalized spacial score (nSPS) is 12.6. The fraction of sp³-hybridized carbons (Fsp3) is 0.357. The number of nitrogens with zero attached hydrogens (tertiary/aromatic N) is 2. The number of hydrogen-bond donors (Lipinski definition) is 2. The highest BCUT2D eigenvalue weighted by molar-refractivity contribution is 6.30. The van der Waals surface area contributed by atoms with E-state index in [4.69, 9.17) is 22.2 Å². The maximum atomic E-state index is 6.04. The van der Waals surface area contributed by atoms with Crippen LogP contribution >= 0.6 is 11.6 Å². The van der Waals surface area contributed by atoms with E-state index in [9.17, 15) is 0 Å². The van der Waals surface area contributed by atoms with E-state index in [2.05, 4.69) is 10.5 Å². The zero-order valence-electron chi connectivity index (χ0n) is 11.4. The average Bonchev–Trinajstić information content (AvgIpc) is 2.89. The molecule has 1 atom stereocenters. The summed E-state index contributed by atoms with van der Waals surface area (Å²) in [5.41, 5.74) is 4.84. The highest BCUT2D eigenvalue weighted by atomic mass is 35.5. The molecule has 5 nitrogen and oxygen atoms in total. The average molecular weight is 295 g/mol. The molecular formula is C14H19ClN4O. The molecule has 0 aliphatic rings. The first-order chi connectivity index (χ1) is 9.76. The fourth-order valence-corrected chi connectivity index (χ4v) is 2.37. The Kier molecular flexibility index (Phi) is 5.55. The third-order valence-electron chi connectivity index (χ3n) is 3.11. The van der Waals surface area contributed by atoms with Gasteiger partial charge >= 0.3 is 0 Å². The minimum atomic E-state index is -0.140. The first-order valence-corrected chi connectivity index (χ1v) is 6.86. The van der Waals surface area contributed by atoms with Crippen molar-refractivity contribution in [2.24, 2.45) is 5.84 Å². The SMILES string of the molecule is COCCCn1nccc1C(NN)c1cccc(Cl)c1. The number of aromatic nitrogens is 2. The van der Waals surface area contributed by atoms with Crippen molar-refractivity contribution in [3.63, 3.8) is 0 Å². The van der Waals surface area contributed by atoms with Crippen LogP contribution in [0.4, 0.5) is 0 Å². The molecule has 0 radical (unpaired) electrons. The number of hydrogen-bond acceptors (Lipinski definition) is 4. The zero-order valence-corrected chi connectivity index (χ0v) is 12.2. The first kappa shape index (κ1) is 15.0. The molecule has 0 aliphatic heterocycles. The van der Waals surface area contributed by atoms with Crippen LogP contribution in [-0.2, 0) is 11.3 Å². The van der Waals surface area contributed by atoms with Gasteiger partial charge in [-0.05, 0) is 30.2 Å². The number of hydrazine groups is 1. The molecular weight excluding hydrogens is 276 g/mol. The molecule has 6 heteroatoms. The van der Waals surface area contributed by atoms with Crippen LogP contribution < -0.4 is 11.3 Å². The number of halogens is 1. The molecule has 1 heterocycles. The second-order valence-electron chi connectivity index (χ2n) is 4.48. The standard InChI is InChI=1S/C14H19ClN4O/c1-20-9-3-8-19-13(6-7-17-19)14(18-16)11-4-2-5-12(15)10-11/h2,4-7,10,14,18H,3,8-9,16H2,1H3. The van der Waals surface area contributed by atoms with E-state index >= 15 is 0 Å². The highest BCUT2D eigenvalue weighted by Gasteiger charge is 2.17. The Hall–Kier alpha value is -1.40. The van der Waals surface area contributed by atoms with Crippen molar-refractivity contribution in [3.05, 3.63) is 52.8 Å². The summed E-state index contributed by atoms with van der Waals surface area (Å²) < 4.78 is 7.00. The molecule has 1 aromatic heterocycles. The van der Waals surface area contributed by atoms with Gasteiger partial charge in [-0.25, -0.2) is 5.43 Å². The molecule has 3 N–H and O–H groups in total. The van der Waals surface area contributed by atoms with Crippen molar-refractivity contribution in [2.45, 2.75) is 19.0 Å². The van der Waals surface area contributed by atoms with E-state index in [1.807, 2.05) is 35.0 Å². The van der Waals surface area contributed by atoms with Gasteiger partial charge in [0.05, 0.1) is 11.7 Å². The maximum Gasteiger partial charge on any atom is 0.0878 e. The Bertz CT molecular complexity index is 543. The molecule has 0 aliphatic carbocycles. The Morgan fingerprint density at radius 2 is 2.30 bits per heavy atom. The summed E-state index contributed by atoms with van der Waals surface area (Å²) in [6, 6.07) is 9.46. The van der Waals surface area contributed by atoms with Crippen molar-refractivity contribution in [1.29, 1.82) is 0 Å². The molecule has 2 rings (SSSR count). The summed E-state index contributed by atoms with van der Waals surface area (Å²) in [5, 5.41) is 5.03. The molecule has 0 saturated carbocycles. The van der Waals surface area contributed by atoms with Crippen molar-refractivity contribution < 1.29 is 4.74 Å². The van der Waals surface area contributed by atoms with Crippen molar-refractivity contribution >= 4 is 11.6 Å². The van der Waals surface area contributed by atoms with Gasteiger partial charge in [-0.2, -0.15) is 5.10 Å². The minimum Gasteiger partial charge on any atom is -0.385 e. The Morgan fingerprint density at radius 3 is 3.00 bits per heavy atom. The summed E-state index contributed by atoms with van der Waals surface area (Å²) in [6.07, 6.45) is 2.68. The summed E-state index contributed by atoms with van der Waals surface area (Å²) >= 11 is 6.04. The third-order valence-corrected chi connectivity index (χ3v) is 3.35. The van der Waals surface area contributed by atoms with Gasteiger partial charge in [0, 0.05) is 31.5 Å². The lowest BCUT2D eigenvalue weighted by Gasteiger charge is -2.18. The molecule has 0 spiro atoms. The van der Waals surface area contributed by atoms with E-state index in [0.717, 1.165) is 24.2 Å². The van der Waals surface area contributed by atoms with Gasteiger partial charge in [0.25, 0.3) is 0 Å². The van der Waals surface area contributed by atoms with Crippen LogP contribution in [0.1, 0.15) is 23.7 Å². The van der Waals surface area contributed by atoms with Crippen LogP contribution in [0.5, 0.6) is 0 Å². The second-order valence-corrected chi connectivity index (χ2v) is 4.92. The zero-order chi connectivity index (χ0) is 14.4. The molecule has 1 aromatic carbocycles. The number of rotatable bonds is 7. The number of ether oxygens (including phenoxy) is 1. The number of nitrogens with two attached hydrogens (primary N) is 1. The van der Waals surface area contributed by atoms with Crippen molar-refractivity contribution in [2.75, 3.05) is 13.7 Å². The summed E-state index contributed by atoms with van der Waals surface area (Å²) in [5.74, 6) is 5.71. The van der Waals surface area contributed by atoms with Gasteiger partial charge in [0.15, 0.2) is 0 Å². The molecule has 0 fully saturated rings. The van der Waals surface area contributed by atoms with E-state index in [1.165, 1.54) is 0 Å². The van der Waals surface area contributed by atoms with Crippen molar-refractivity contribution in [3.8, 4) is 0 Å². The van der Waals surface area contributed by atoms with Crippen LogP contribution in [-0.4, -0.2) is 23.5 Å². The van der Waals surface area contributed by atoms with Crippen molar-refractivity contribution in [1.82, 2.24) is 15.2 Å². The molecule has 0 bridgehead atoms. The smallest absolute Gasteiger partial charge is 0.0878 e. The Labute approximate surface area is 123 Å². The summed E-state index contributed by atoms with van der Waals surface area (Å²) in [7, 11) is 1.69. The molecule has 0 saturated heterocycles. The van der Waals surface area contributed by atoms with Crippen LogP contribution in [0.2, 0.25) is 5.02 Å². The number of benzene rings is 1. The molecule has 20 heavy (non-hydrogen) atoms. The molecule has 1 unspecified atom stereocenters. The largest absolute Gasteiger partial charge is 0.385 e. The van der Waals surface area contributed by atoms with Gasteiger partial charge in [0.2, 0.25) is 0 Å². The Morgan fingerprint density at radius 1 is 1.45 bits per heavy atom. The number of aryl methyl sites for hydroxylation is 1. The molecule has 2 aromatic rings. The lowest BCUT2D eigenvalue weighted by molar-refractivity contribution is 0.188. The fourth-order valence-electron chi connectivity index (χ4n) is 2.17. The first-order valence-electron chi connectivity index (χ1n) is 6.48. The van der Waals surface area contributed by atoms with Gasteiger partial charge in [-0.1, -0.05) is 23.7 Å². The monoisotopic (exact) mass is 294 g/mol. The lowest BCUT2D eigenvalue weighted by atomic mass is 10.0. The van der Waals surface area contributed by atoms with Gasteiger partial charge < -0.3 is 4.74 Å². The number of nitrogens with one attached hydrogen (secondary N) is 1.